The molecule has 0 aliphatic carbocycles. The van der Waals surface area contributed by atoms with E-state index in [2.05, 4.69) is 0 Å². The maximum atomic E-state index is 13.4. The number of carbonyl (C=O) groups is 2. The van der Waals surface area contributed by atoms with Gasteiger partial charge in [0.2, 0.25) is 0 Å². The number of ketones is 1. The quantitative estimate of drug-likeness (QED) is 0.637. The van der Waals surface area contributed by atoms with Crippen molar-refractivity contribution in [2.45, 2.75) is 39.3 Å². The molecule has 0 spiro atoms. The van der Waals surface area contributed by atoms with Crippen LogP contribution in [0.5, 0.6) is 0 Å². The first-order valence-corrected chi connectivity index (χ1v) is 10.1. The Morgan fingerprint density at radius 1 is 0.933 bits per heavy atom. The minimum atomic E-state index is -1.87. The van der Waals surface area contributed by atoms with E-state index < -0.39 is 11.5 Å². The summed E-state index contributed by atoms with van der Waals surface area (Å²) < 4.78 is 0. The topological polar surface area (TPSA) is 57.6 Å². The second-order valence-electron chi connectivity index (χ2n) is 8.17. The van der Waals surface area contributed by atoms with Gasteiger partial charge < -0.3 is 10.0 Å². The zero-order valence-corrected chi connectivity index (χ0v) is 17.5. The molecule has 1 atom stereocenters. The van der Waals surface area contributed by atoms with Gasteiger partial charge in [-0.05, 0) is 38.0 Å². The lowest BCUT2D eigenvalue weighted by atomic mass is 9.87. The summed E-state index contributed by atoms with van der Waals surface area (Å²) >= 11 is 0. The summed E-state index contributed by atoms with van der Waals surface area (Å²) in [6.45, 7) is 6.20. The number of fused-ring (bicyclic) bond motifs is 1. The van der Waals surface area contributed by atoms with Crippen LogP contribution in [0.15, 0.2) is 66.7 Å². The Morgan fingerprint density at radius 2 is 1.60 bits per heavy atom. The third-order valence-corrected chi connectivity index (χ3v) is 5.80. The van der Waals surface area contributed by atoms with Gasteiger partial charge in [-0.15, -0.1) is 0 Å². The number of hydrogen-bond donors (Lipinski definition) is 1. The van der Waals surface area contributed by atoms with Gasteiger partial charge in [-0.3, -0.25) is 9.59 Å². The molecule has 152 valence electrons. The van der Waals surface area contributed by atoms with Gasteiger partial charge in [0.1, 0.15) is 0 Å². The third kappa shape index (κ3) is 3.44. The highest BCUT2D eigenvalue weighted by Gasteiger charge is 2.50. The van der Waals surface area contributed by atoms with Crippen molar-refractivity contribution < 1.29 is 14.7 Å². The van der Waals surface area contributed by atoms with Crippen molar-refractivity contribution in [2.24, 2.45) is 0 Å². The lowest BCUT2D eigenvalue weighted by molar-refractivity contribution is -0.136. The van der Waals surface area contributed by atoms with Crippen LogP contribution in [0, 0.1) is 20.8 Å². The van der Waals surface area contributed by atoms with Crippen molar-refractivity contribution in [3.63, 3.8) is 0 Å². The fourth-order valence-corrected chi connectivity index (χ4v) is 4.16. The Hall–Kier alpha value is -3.24. The van der Waals surface area contributed by atoms with Gasteiger partial charge in [0.25, 0.3) is 5.91 Å². The number of rotatable bonds is 5. The zero-order chi connectivity index (χ0) is 21.5. The molecule has 1 aliphatic rings. The molecule has 4 rings (SSSR count). The second kappa shape index (κ2) is 7.54. The average Bonchev–Trinajstić information content (AvgIpc) is 2.91. The largest absolute Gasteiger partial charge is 0.375 e. The first-order valence-electron chi connectivity index (χ1n) is 10.1. The molecule has 0 bridgehead atoms. The molecule has 1 heterocycles. The van der Waals surface area contributed by atoms with Gasteiger partial charge in [0.05, 0.1) is 18.7 Å². The molecule has 4 nitrogen and oxygen atoms in total. The van der Waals surface area contributed by atoms with Crippen LogP contribution in [0.3, 0.4) is 0 Å². The molecular weight excluding hydrogens is 374 g/mol. The second-order valence-corrected chi connectivity index (χ2v) is 8.17. The maximum absolute atomic E-state index is 13.4. The number of carbonyl (C=O) groups excluding carboxylic acids is 2. The van der Waals surface area contributed by atoms with Crippen molar-refractivity contribution in [1.82, 2.24) is 0 Å². The highest BCUT2D eigenvalue weighted by molar-refractivity contribution is 6.11. The Bertz CT molecular complexity index is 1130. The number of hydrogen-bond acceptors (Lipinski definition) is 3. The van der Waals surface area contributed by atoms with Gasteiger partial charge in [-0.25, -0.2) is 0 Å². The minimum absolute atomic E-state index is 0.240. The Balaban J connectivity index is 1.68. The van der Waals surface area contributed by atoms with Crippen molar-refractivity contribution in [1.29, 1.82) is 0 Å². The average molecular weight is 399 g/mol. The number of aliphatic hydroxyl groups is 1. The van der Waals surface area contributed by atoms with E-state index >= 15 is 0 Å². The Labute approximate surface area is 176 Å². The van der Waals surface area contributed by atoms with Crippen LogP contribution in [-0.2, 0) is 16.9 Å². The summed E-state index contributed by atoms with van der Waals surface area (Å²) in [6.07, 6.45) is -0.281. The van der Waals surface area contributed by atoms with E-state index in [1.807, 2.05) is 69.3 Å². The summed E-state index contributed by atoms with van der Waals surface area (Å²) in [4.78, 5) is 28.0. The third-order valence-electron chi connectivity index (χ3n) is 5.80. The molecule has 0 radical (unpaired) electrons. The molecule has 0 fully saturated rings. The SMILES string of the molecule is Cc1ccc(CN2C(=O)[C@](O)(CC(=O)c3ccc(C)cc3C)c3ccccc32)cc1. The van der Waals surface area contributed by atoms with Gasteiger partial charge in [-0.2, -0.15) is 0 Å². The molecule has 3 aromatic rings. The first-order chi connectivity index (χ1) is 14.3. The van der Waals surface area contributed by atoms with Crippen LogP contribution in [0.4, 0.5) is 5.69 Å². The molecule has 4 heteroatoms. The van der Waals surface area contributed by atoms with E-state index in [0.29, 0.717) is 23.4 Å². The number of nitrogens with zero attached hydrogens (tertiary/aromatic N) is 1. The van der Waals surface area contributed by atoms with Crippen molar-refractivity contribution in [3.05, 3.63) is 100 Å². The molecule has 0 unspecified atom stereocenters. The molecule has 0 saturated heterocycles. The molecule has 30 heavy (non-hydrogen) atoms. The van der Waals surface area contributed by atoms with Gasteiger partial charge in [0, 0.05) is 11.1 Å². The van der Waals surface area contributed by atoms with Crippen LogP contribution >= 0.6 is 0 Å². The fraction of sp³-hybridized carbons (Fsp3) is 0.231. The molecule has 1 aliphatic heterocycles. The maximum Gasteiger partial charge on any atom is 0.264 e. The predicted molar refractivity (Wildman–Crippen MR) is 118 cm³/mol. The Morgan fingerprint density at radius 3 is 2.30 bits per heavy atom. The van der Waals surface area contributed by atoms with Crippen molar-refractivity contribution in [2.75, 3.05) is 4.90 Å². The van der Waals surface area contributed by atoms with Crippen molar-refractivity contribution in [3.8, 4) is 0 Å². The number of Topliss-reactive ketones (excluding diaryl/α,β-unsaturated/α-hetero) is 1. The summed E-state index contributed by atoms with van der Waals surface area (Å²) in [5.74, 6) is -0.697. The van der Waals surface area contributed by atoms with Gasteiger partial charge >= 0.3 is 0 Å². The van der Waals surface area contributed by atoms with E-state index in [1.54, 1.807) is 23.1 Å². The van der Waals surface area contributed by atoms with E-state index in [-0.39, 0.29) is 12.2 Å². The highest BCUT2D eigenvalue weighted by Crippen LogP contribution is 2.43. The number of aryl methyl sites for hydroxylation is 3. The Kier molecular flexibility index (Phi) is 5.04. The van der Waals surface area contributed by atoms with Crippen molar-refractivity contribution >= 4 is 17.4 Å². The van der Waals surface area contributed by atoms with Crippen LogP contribution in [0.2, 0.25) is 0 Å². The molecular formula is C26H25NO3. The standard InChI is InChI=1S/C26H25NO3/c1-17-8-11-20(12-9-17)16-27-23-7-5-4-6-22(23)26(30,25(27)29)15-24(28)21-13-10-18(2)14-19(21)3/h4-14,30H,15-16H2,1-3H3/t26-/m0/s1. The fourth-order valence-electron chi connectivity index (χ4n) is 4.16. The molecule has 0 saturated carbocycles. The first kappa shape index (κ1) is 20.0. The van der Waals surface area contributed by atoms with Crippen LogP contribution in [0.1, 0.15) is 44.6 Å². The number of para-hydroxylation sites is 1. The van der Waals surface area contributed by atoms with Crippen LogP contribution < -0.4 is 4.90 Å². The van der Waals surface area contributed by atoms with E-state index in [9.17, 15) is 14.7 Å². The van der Waals surface area contributed by atoms with Crippen LogP contribution in [-0.4, -0.2) is 16.8 Å². The lowest BCUT2D eigenvalue weighted by Crippen LogP contribution is -2.41. The van der Waals surface area contributed by atoms with E-state index in [4.69, 9.17) is 0 Å². The molecule has 0 aromatic heterocycles. The van der Waals surface area contributed by atoms with E-state index in [0.717, 1.165) is 22.3 Å². The number of amides is 1. The van der Waals surface area contributed by atoms with Crippen LogP contribution in [0.25, 0.3) is 0 Å². The smallest absolute Gasteiger partial charge is 0.264 e. The predicted octanol–water partition coefficient (Wildman–Crippen LogP) is 4.62. The summed E-state index contributed by atoms with van der Waals surface area (Å²) in [7, 11) is 0. The number of benzene rings is 3. The summed E-state index contributed by atoms with van der Waals surface area (Å²) in [6, 6.07) is 20.7. The monoisotopic (exact) mass is 399 g/mol. The highest BCUT2D eigenvalue weighted by atomic mass is 16.3. The summed E-state index contributed by atoms with van der Waals surface area (Å²) in [5.41, 5.74) is 3.83. The molecule has 1 amide bonds. The summed E-state index contributed by atoms with van der Waals surface area (Å²) in [5, 5.41) is 11.5. The normalized spacial score (nSPS) is 17.9. The molecule has 3 aromatic carbocycles. The number of anilines is 1. The molecule has 1 N–H and O–H groups in total. The minimum Gasteiger partial charge on any atom is -0.375 e. The van der Waals surface area contributed by atoms with Gasteiger partial charge in [-0.1, -0.05) is 71.8 Å². The van der Waals surface area contributed by atoms with Gasteiger partial charge in [0.15, 0.2) is 11.4 Å². The van der Waals surface area contributed by atoms with E-state index in [1.165, 1.54) is 0 Å². The lowest BCUT2D eigenvalue weighted by Gasteiger charge is -2.23. The zero-order valence-electron chi connectivity index (χ0n) is 17.5.